The zero-order chi connectivity index (χ0) is 7.84. The van der Waals surface area contributed by atoms with E-state index in [1.165, 1.54) is 11.8 Å². The van der Waals surface area contributed by atoms with Gasteiger partial charge in [0.25, 0.3) is 0 Å². The van der Waals surface area contributed by atoms with E-state index in [9.17, 15) is 4.79 Å². The molecule has 0 bridgehead atoms. The van der Waals surface area contributed by atoms with Crippen LogP contribution in [-0.2, 0) is 11.2 Å². The van der Waals surface area contributed by atoms with Gasteiger partial charge in [0.2, 0.25) is 0 Å². The van der Waals surface area contributed by atoms with Gasteiger partial charge in [0, 0.05) is 15.8 Å². The summed E-state index contributed by atoms with van der Waals surface area (Å²) < 4.78 is 1.03. The lowest BCUT2D eigenvalue weighted by Gasteiger charge is -1.96. The third-order valence-corrected chi connectivity index (χ3v) is 3.58. The van der Waals surface area contributed by atoms with E-state index in [2.05, 4.69) is 15.9 Å². The number of hydrogen-bond acceptors (Lipinski definition) is 2. The van der Waals surface area contributed by atoms with Crippen LogP contribution in [0.25, 0.3) is 0 Å². The molecule has 0 spiro atoms. The maximum atomic E-state index is 11.0. The van der Waals surface area contributed by atoms with Crippen LogP contribution in [0.3, 0.4) is 0 Å². The molecule has 1 aliphatic rings. The Morgan fingerprint density at radius 3 is 3.00 bits per heavy atom. The predicted octanol–water partition coefficient (Wildman–Crippen LogP) is 2.62. The summed E-state index contributed by atoms with van der Waals surface area (Å²) in [5.74, 6) is 0. The van der Waals surface area contributed by atoms with Crippen LogP contribution in [0.1, 0.15) is 5.56 Å². The Kier molecular flexibility index (Phi) is 1.77. The smallest absolute Gasteiger partial charge is 0.198 e. The van der Waals surface area contributed by atoms with E-state index >= 15 is 0 Å². The zero-order valence-electron chi connectivity index (χ0n) is 5.63. The van der Waals surface area contributed by atoms with Gasteiger partial charge in [-0.1, -0.05) is 23.9 Å². The average molecular weight is 229 g/mol. The largest absolute Gasteiger partial charge is 0.286 e. The van der Waals surface area contributed by atoms with Crippen LogP contribution in [0.5, 0.6) is 0 Å². The fourth-order valence-corrected chi connectivity index (χ4v) is 2.65. The molecule has 56 valence electrons. The second kappa shape index (κ2) is 2.64. The SMILES string of the molecule is O=C1Cc2cccc(Br)c2S1. The summed E-state index contributed by atoms with van der Waals surface area (Å²) in [6, 6.07) is 5.92. The number of hydrogen-bond donors (Lipinski definition) is 0. The Bertz CT molecular complexity index is 322. The monoisotopic (exact) mass is 228 g/mol. The van der Waals surface area contributed by atoms with Gasteiger partial charge in [-0.2, -0.15) is 0 Å². The number of halogens is 1. The van der Waals surface area contributed by atoms with Gasteiger partial charge in [0.15, 0.2) is 5.12 Å². The maximum absolute atomic E-state index is 11.0. The minimum Gasteiger partial charge on any atom is -0.286 e. The fourth-order valence-electron chi connectivity index (χ4n) is 1.11. The Morgan fingerprint density at radius 2 is 2.27 bits per heavy atom. The van der Waals surface area contributed by atoms with Crippen molar-refractivity contribution in [2.45, 2.75) is 11.3 Å². The Morgan fingerprint density at radius 1 is 1.45 bits per heavy atom. The molecule has 0 N–H and O–H groups in total. The Labute approximate surface area is 77.3 Å². The van der Waals surface area contributed by atoms with E-state index in [4.69, 9.17) is 0 Å². The molecule has 3 heteroatoms. The number of fused-ring (bicyclic) bond motifs is 1. The molecule has 2 rings (SSSR count). The van der Waals surface area contributed by atoms with Crippen molar-refractivity contribution in [3.05, 3.63) is 28.2 Å². The second-order valence-electron chi connectivity index (χ2n) is 2.38. The lowest BCUT2D eigenvalue weighted by molar-refractivity contribution is -0.110. The predicted molar refractivity (Wildman–Crippen MR) is 48.7 cm³/mol. The first-order valence-corrected chi connectivity index (χ1v) is 4.86. The molecule has 11 heavy (non-hydrogen) atoms. The van der Waals surface area contributed by atoms with E-state index in [0.29, 0.717) is 6.42 Å². The van der Waals surface area contributed by atoms with Crippen molar-refractivity contribution in [2.75, 3.05) is 0 Å². The van der Waals surface area contributed by atoms with Crippen molar-refractivity contribution in [2.24, 2.45) is 0 Å². The van der Waals surface area contributed by atoms with Gasteiger partial charge in [-0.3, -0.25) is 4.79 Å². The molecule has 1 aromatic rings. The quantitative estimate of drug-likeness (QED) is 0.680. The lowest BCUT2D eigenvalue weighted by atomic mass is 10.2. The van der Waals surface area contributed by atoms with Crippen molar-refractivity contribution in [3.63, 3.8) is 0 Å². The van der Waals surface area contributed by atoms with Gasteiger partial charge >= 0.3 is 0 Å². The van der Waals surface area contributed by atoms with Crippen molar-refractivity contribution in [1.29, 1.82) is 0 Å². The molecule has 1 aromatic carbocycles. The molecule has 1 heterocycles. The molecule has 0 unspecified atom stereocenters. The van der Waals surface area contributed by atoms with Gasteiger partial charge in [0.05, 0.1) is 0 Å². The summed E-state index contributed by atoms with van der Waals surface area (Å²) >= 11 is 4.73. The summed E-state index contributed by atoms with van der Waals surface area (Å²) in [6.45, 7) is 0. The first-order valence-electron chi connectivity index (χ1n) is 3.25. The molecule has 0 fully saturated rings. The topological polar surface area (TPSA) is 17.1 Å². The molecule has 1 nitrogen and oxygen atoms in total. The van der Waals surface area contributed by atoms with Crippen LogP contribution < -0.4 is 0 Å². The van der Waals surface area contributed by atoms with Crippen LogP contribution in [0.4, 0.5) is 0 Å². The number of rotatable bonds is 0. The van der Waals surface area contributed by atoms with Crippen LogP contribution in [-0.4, -0.2) is 5.12 Å². The van der Waals surface area contributed by atoms with Crippen LogP contribution in [0.15, 0.2) is 27.6 Å². The third-order valence-electron chi connectivity index (χ3n) is 1.60. The first-order chi connectivity index (χ1) is 5.27. The van der Waals surface area contributed by atoms with E-state index in [0.717, 1.165) is 14.9 Å². The highest BCUT2D eigenvalue weighted by Gasteiger charge is 2.20. The maximum Gasteiger partial charge on any atom is 0.198 e. The average Bonchev–Trinajstić information content (AvgIpc) is 2.31. The molecule has 0 atom stereocenters. The summed E-state index contributed by atoms with van der Waals surface area (Å²) in [5, 5.41) is 0.243. The normalized spacial score (nSPS) is 15.2. The first kappa shape index (κ1) is 7.37. The summed E-state index contributed by atoms with van der Waals surface area (Å²) in [7, 11) is 0. The highest BCUT2D eigenvalue weighted by atomic mass is 79.9. The minimum atomic E-state index is 0.243. The molecule has 1 aliphatic heterocycles. The second-order valence-corrected chi connectivity index (χ2v) is 4.30. The summed E-state index contributed by atoms with van der Waals surface area (Å²) in [5.41, 5.74) is 1.15. The van der Waals surface area contributed by atoms with Crippen molar-refractivity contribution < 1.29 is 4.79 Å². The van der Waals surface area contributed by atoms with E-state index in [1.54, 1.807) is 0 Å². The summed E-state index contributed by atoms with van der Waals surface area (Å²) in [6.07, 6.45) is 0.583. The van der Waals surface area contributed by atoms with Crippen molar-refractivity contribution in [1.82, 2.24) is 0 Å². The third kappa shape index (κ3) is 1.23. The zero-order valence-corrected chi connectivity index (χ0v) is 8.04. The fraction of sp³-hybridized carbons (Fsp3) is 0.125. The van der Waals surface area contributed by atoms with E-state index in [1.807, 2.05) is 18.2 Å². The lowest BCUT2D eigenvalue weighted by Crippen LogP contribution is -1.85. The van der Waals surface area contributed by atoms with Crippen molar-refractivity contribution in [3.8, 4) is 0 Å². The molecule has 0 aliphatic carbocycles. The molecule has 0 saturated heterocycles. The van der Waals surface area contributed by atoms with Gasteiger partial charge in [0.1, 0.15) is 0 Å². The van der Waals surface area contributed by atoms with Crippen LogP contribution >= 0.6 is 27.7 Å². The molecule has 0 saturated carbocycles. The van der Waals surface area contributed by atoms with Crippen LogP contribution in [0, 0.1) is 0 Å². The molecule has 0 aromatic heterocycles. The highest BCUT2D eigenvalue weighted by Crippen LogP contribution is 2.37. The van der Waals surface area contributed by atoms with Gasteiger partial charge < -0.3 is 0 Å². The molecular formula is C8H5BrOS. The van der Waals surface area contributed by atoms with Gasteiger partial charge in [-0.05, 0) is 27.6 Å². The molecular weight excluding hydrogens is 224 g/mol. The minimum absolute atomic E-state index is 0.243. The number of thioether (sulfide) groups is 1. The van der Waals surface area contributed by atoms with E-state index in [-0.39, 0.29) is 5.12 Å². The highest BCUT2D eigenvalue weighted by molar-refractivity contribution is 9.10. The molecule has 0 amide bonds. The van der Waals surface area contributed by atoms with Gasteiger partial charge in [-0.15, -0.1) is 0 Å². The Balaban J connectivity index is 2.57. The van der Waals surface area contributed by atoms with E-state index < -0.39 is 0 Å². The number of carbonyl (C=O) groups excluding carboxylic acids is 1. The van der Waals surface area contributed by atoms with Gasteiger partial charge in [-0.25, -0.2) is 0 Å². The summed E-state index contributed by atoms with van der Waals surface area (Å²) in [4.78, 5) is 12.1. The van der Waals surface area contributed by atoms with Crippen molar-refractivity contribution >= 4 is 32.8 Å². The van der Waals surface area contributed by atoms with Crippen LogP contribution in [0.2, 0.25) is 0 Å². The standard InChI is InChI=1S/C8H5BrOS/c9-6-3-1-2-5-4-7(10)11-8(5)6/h1-3H,4H2. The number of carbonyl (C=O) groups is 1. The Hall–Kier alpha value is -0.280. The molecule has 0 radical (unpaired) electrons. The number of benzene rings is 1.